The summed E-state index contributed by atoms with van der Waals surface area (Å²) in [6, 6.07) is 13.2. The van der Waals surface area contributed by atoms with Gasteiger partial charge in [-0.1, -0.05) is 24.3 Å². The number of pyridine rings is 1. The maximum atomic E-state index is 6.45. The monoisotopic (exact) mass is 429 g/mol. The molecule has 0 bridgehead atoms. The molecule has 2 aromatic heterocycles. The first kappa shape index (κ1) is 21.4. The third-order valence-electron chi connectivity index (χ3n) is 7.90. The molecule has 3 N–H and O–H groups in total. The number of benzene rings is 1. The molecule has 1 aromatic carbocycles. The Kier molecular flexibility index (Phi) is 5.87. The van der Waals surface area contributed by atoms with Crippen molar-refractivity contribution in [3.8, 4) is 0 Å². The number of para-hydroxylation sites is 2. The van der Waals surface area contributed by atoms with Crippen molar-refractivity contribution in [2.45, 2.75) is 76.0 Å². The standard InChI is InChI=1S/C27H35N5/c1-3-8-20-17-21(28)14-15-27(20,2)32(18-25-30-22-11-4-5-12-23(22)31-25)24-13-6-9-19-10-7-16-29-26(19)24/h3-5,7,10-12,16,20-21,24H,1,6,8-9,13-15,17-18,28H2,2H3,(H,30,31)/t20-,21?,24?,27-/m1/s1. The summed E-state index contributed by atoms with van der Waals surface area (Å²) in [6.45, 7) is 7.31. The second kappa shape index (κ2) is 8.80. The van der Waals surface area contributed by atoms with Crippen molar-refractivity contribution < 1.29 is 0 Å². The Balaban J connectivity index is 1.58. The van der Waals surface area contributed by atoms with Gasteiger partial charge in [0, 0.05) is 17.8 Å². The molecule has 1 fully saturated rings. The van der Waals surface area contributed by atoms with Gasteiger partial charge in [-0.2, -0.15) is 0 Å². The Hall–Kier alpha value is -2.50. The Morgan fingerprint density at radius 1 is 1.25 bits per heavy atom. The zero-order valence-corrected chi connectivity index (χ0v) is 19.1. The number of aromatic amines is 1. The molecule has 0 radical (unpaired) electrons. The molecule has 5 rings (SSSR count). The highest BCUT2D eigenvalue weighted by Gasteiger charge is 2.46. The molecule has 2 unspecified atom stereocenters. The minimum absolute atomic E-state index is 0.0137. The van der Waals surface area contributed by atoms with Crippen molar-refractivity contribution in [2.75, 3.05) is 0 Å². The number of hydrogen-bond donors (Lipinski definition) is 2. The molecule has 0 amide bonds. The summed E-state index contributed by atoms with van der Waals surface area (Å²) in [5.74, 6) is 1.50. The van der Waals surface area contributed by atoms with Gasteiger partial charge in [0.1, 0.15) is 5.82 Å². The van der Waals surface area contributed by atoms with E-state index in [1.165, 1.54) is 17.7 Å². The smallest absolute Gasteiger partial charge is 0.121 e. The molecule has 5 heteroatoms. The molecule has 2 aliphatic carbocycles. The van der Waals surface area contributed by atoms with Gasteiger partial charge in [-0.3, -0.25) is 9.88 Å². The van der Waals surface area contributed by atoms with Crippen LogP contribution in [0.2, 0.25) is 0 Å². The van der Waals surface area contributed by atoms with E-state index in [1.54, 1.807) is 0 Å². The fraction of sp³-hybridized carbons (Fsp3) is 0.481. The lowest BCUT2D eigenvalue weighted by molar-refractivity contribution is -0.0363. The van der Waals surface area contributed by atoms with E-state index in [0.29, 0.717) is 12.0 Å². The van der Waals surface area contributed by atoms with E-state index < -0.39 is 0 Å². The number of fused-ring (bicyclic) bond motifs is 2. The maximum Gasteiger partial charge on any atom is 0.121 e. The fourth-order valence-electron chi connectivity index (χ4n) is 6.13. The van der Waals surface area contributed by atoms with Gasteiger partial charge in [0.15, 0.2) is 0 Å². The third-order valence-corrected chi connectivity index (χ3v) is 7.90. The lowest BCUT2D eigenvalue weighted by Gasteiger charge is -2.53. The molecule has 2 aliphatic rings. The van der Waals surface area contributed by atoms with Crippen LogP contribution in [0.5, 0.6) is 0 Å². The highest BCUT2D eigenvalue weighted by molar-refractivity contribution is 5.74. The molecule has 2 heterocycles. The molecule has 0 saturated heterocycles. The SMILES string of the molecule is C=CC[C@@H]1CC(N)CC[C@@]1(C)N(Cc1nc2ccccc2[nH]1)C1CCCc2cccnc21. The molecule has 3 aromatic rings. The predicted molar refractivity (Wildman–Crippen MR) is 130 cm³/mol. The lowest BCUT2D eigenvalue weighted by Crippen LogP contribution is -2.57. The van der Waals surface area contributed by atoms with Crippen molar-refractivity contribution in [3.05, 3.63) is 72.3 Å². The summed E-state index contributed by atoms with van der Waals surface area (Å²) in [7, 11) is 0. The van der Waals surface area contributed by atoms with Gasteiger partial charge in [-0.05, 0) is 81.5 Å². The van der Waals surface area contributed by atoms with Crippen LogP contribution in [0, 0.1) is 5.92 Å². The molecular weight excluding hydrogens is 394 g/mol. The van der Waals surface area contributed by atoms with Crippen LogP contribution in [0.25, 0.3) is 11.0 Å². The van der Waals surface area contributed by atoms with E-state index in [-0.39, 0.29) is 11.6 Å². The quantitative estimate of drug-likeness (QED) is 0.522. The van der Waals surface area contributed by atoms with Crippen molar-refractivity contribution in [2.24, 2.45) is 11.7 Å². The summed E-state index contributed by atoms with van der Waals surface area (Å²) in [6.07, 6.45) is 11.7. The molecule has 168 valence electrons. The highest BCUT2D eigenvalue weighted by Crippen LogP contribution is 2.47. The van der Waals surface area contributed by atoms with Crippen LogP contribution in [-0.2, 0) is 13.0 Å². The zero-order valence-electron chi connectivity index (χ0n) is 19.1. The number of nitrogens with one attached hydrogen (secondary N) is 1. The minimum Gasteiger partial charge on any atom is -0.341 e. The number of imidazole rings is 1. The summed E-state index contributed by atoms with van der Waals surface area (Å²) in [5.41, 5.74) is 11.2. The second-order valence-corrected chi connectivity index (χ2v) is 9.90. The molecule has 4 atom stereocenters. The summed E-state index contributed by atoms with van der Waals surface area (Å²) in [4.78, 5) is 16.2. The number of aryl methyl sites for hydroxylation is 1. The first-order chi connectivity index (χ1) is 15.6. The first-order valence-electron chi connectivity index (χ1n) is 12.1. The van der Waals surface area contributed by atoms with Crippen LogP contribution in [0.15, 0.2) is 55.3 Å². The summed E-state index contributed by atoms with van der Waals surface area (Å²) >= 11 is 0. The molecule has 5 nitrogen and oxygen atoms in total. The van der Waals surface area contributed by atoms with Crippen LogP contribution < -0.4 is 5.73 Å². The van der Waals surface area contributed by atoms with Crippen LogP contribution >= 0.6 is 0 Å². The fourth-order valence-corrected chi connectivity index (χ4v) is 6.13. The van der Waals surface area contributed by atoms with Gasteiger partial charge in [0.2, 0.25) is 0 Å². The lowest BCUT2D eigenvalue weighted by atomic mass is 9.68. The van der Waals surface area contributed by atoms with E-state index in [2.05, 4.69) is 65.9 Å². The number of allylic oxidation sites excluding steroid dienone is 1. The van der Waals surface area contributed by atoms with Crippen molar-refractivity contribution in [1.29, 1.82) is 0 Å². The zero-order chi connectivity index (χ0) is 22.1. The van der Waals surface area contributed by atoms with Crippen molar-refractivity contribution in [1.82, 2.24) is 19.9 Å². The van der Waals surface area contributed by atoms with Crippen molar-refractivity contribution in [3.63, 3.8) is 0 Å². The van der Waals surface area contributed by atoms with E-state index in [1.807, 2.05) is 6.20 Å². The summed E-state index contributed by atoms with van der Waals surface area (Å²) in [5, 5.41) is 0. The number of nitrogens with two attached hydrogens (primary N) is 1. The van der Waals surface area contributed by atoms with Crippen LogP contribution in [0.4, 0.5) is 0 Å². The van der Waals surface area contributed by atoms with Crippen molar-refractivity contribution >= 4 is 11.0 Å². The van der Waals surface area contributed by atoms with Crippen LogP contribution in [0.3, 0.4) is 0 Å². The van der Waals surface area contributed by atoms with E-state index in [0.717, 1.165) is 61.9 Å². The van der Waals surface area contributed by atoms with Gasteiger partial charge in [-0.15, -0.1) is 6.58 Å². The molecule has 1 saturated carbocycles. The Bertz CT molecular complexity index is 1060. The van der Waals surface area contributed by atoms with E-state index in [9.17, 15) is 0 Å². The average molecular weight is 430 g/mol. The number of hydrogen-bond acceptors (Lipinski definition) is 4. The minimum atomic E-state index is 0.0137. The van der Waals surface area contributed by atoms with Gasteiger partial charge in [0.05, 0.1) is 29.3 Å². The largest absolute Gasteiger partial charge is 0.341 e. The number of H-pyrrole nitrogens is 1. The Labute approximate surface area is 191 Å². The predicted octanol–water partition coefficient (Wildman–Crippen LogP) is 5.30. The first-order valence-corrected chi connectivity index (χ1v) is 12.1. The molecule has 0 aliphatic heterocycles. The number of aromatic nitrogens is 3. The maximum absolute atomic E-state index is 6.45. The third kappa shape index (κ3) is 3.89. The second-order valence-electron chi connectivity index (χ2n) is 9.90. The van der Waals surface area contributed by atoms with Gasteiger partial charge in [0.25, 0.3) is 0 Å². The van der Waals surface area contributed by atoms with Gasteiger partial charge >= 0.3 is 0 Å². The topological polar surface area (TPSA) is 70.8 Å². The van der Waals surface area contributed by atoms with Gasteiger partial charge < -0.3 is 10.7 Å². The van der Waals surface area contributed by atoms with E-state index >= 15 is 0 Å². The average Bonchev–Trinajstić information content (AvgIpc) is 3.23. The number of rotatable bonds is 6. The molecular formula is C27H35N5. The van der Waals surface area contributed by atoms with Crippen LogP contribution in [0.1, 0.15) is 68.6 Å². The highest BCUT2D eigenvalue weighted by atomic mass is 15.3. The Morgan fingerprint density at radius 2 is 2.12 bits per heavy atom. The van der Waals surface area contributed by atoms with Gasteiger partial charge in [-0.25, -0.2) is 4.98 Å². The Morgan fingerprint density at radius 3 is 2.97 bits per heavy atom. The molecule has 32 heavy (non-hydrogen) atoms. The van der Waals surface area contributed by atoms with E-state index in [4.69, 9.17) is 15.7 Å². The summed E-state index contributed by atoms with van der Waals surface area (Å²) < 4.78 is 0. The molecule has 0 spiro atoms. The number of nitrogens with zero attached hydrogens (tertiary/aromatic N) is 3. The normalized spacial score (nSPS) is 28.0. The van der Waals surface area contributed by atoms with Crippen LogP contribution in [-0.4, -0.2) is 31.4 Å².